The van der Waals surface area contributed by atoms with Crippen molar-refractivity contribution in [1.82, 2.24) is 5.16 Å². The Balaban J connectivity index is 1.57. The fourth-order valence-electron chi connectivity index (χ4n) is 3.88. The Labute approximate surface area is 180 Å². The molecule has 0 spiro atoms. The van der Waals surface area contributed by atoms with E-state index in [1.807, 2.05) is 26.0 Å². The number of carbonyl (C=O) groups excluding carboxylic acids is 2. The first-order valence-corrected chi connectivity index (χ1v) is 10.2. The average Bonchev–Trinajstić information content (AvgIpc) is 3.13. The largest absolute Gasteiger partial charge is 0.489 e. The number of methoxy groups -OCH3 is 1. The van der Waals surface area contributed by atoms with Crippen LogP contribution in [0.25, 0.3) is 0 Å². The van der Waals surface area contributed by atoms with Gasteiger partial charge in [0.15, 0.2) is 0 Å². The SMILES string of the molecule is COC(=O)c1cccc2c1CCCN2C(=O)c1cccc(OCc2c(C)noc2C)c1. The van der Waals surface area contributed by atoms with Gasteiger partial charge in [0.2, 0.25) is 0 Å². The predicted molar refractivity (Wildman–Crippen MR) is 115 cm³/mol. The molecule has 0 bridgehead atoms. The summed E-state index contributed by atoms with van der Waals surface area (Å²) in [6.07, 6.45) is 1.50. The highest BCUT2D eigenvalue weighted by atomic mass is 16.5. The first-order valence-electron chi connectivity index (χ1n) is 10.2. The highest BCUT2D eigenvalue weighted by Gasteiger charge is 2.27. The van der Waals surface area contributed by atoms with Gasteiger partial charge in [0.1, 0.15) is 18.1 Å². The number of hydrogen-bond donors (Lipinski definition) is 0. The monoisotopic (exact) mass is 420 g/mol. The molecule has 1 aliphatic rings. The lowest BCUT2D eigenvalue weighted by Gasteiger charge is -2.30. The summed E-state index contributed by atoms with van der Waals surface area (Å²) in [4.78, 5) is 27.2. The van der Waals surface area contributed by atoms with Gasteiger partial charge < -0.3 is 18.9 Å². The Kier molecular flexibility index (Phi) is 5.75. The van der Waals surface area contributed by atoms with Crippen molar-refractivity contribution in [3.8, 4) is 5.75 Å². The normalized spacial score (nSPS) is 12.9. The van der Waals surface area contributed by atoms with Crippen molar-refractivity contribution in [2.75, 3.05) is 18.6 Å². The summed E-state index contributed by atoms with van der Waals surface area (Å²) in [7, 11) is 1.36. The third-order valence-electron chi connectivity index (χ3n) is 5.55. The lowest BCUT2D eigenvalue weighted by molar-refractivity contribution is 0.0599. The maximum Gasteiger partial charge on any atom is 0.338 e. The zero-order valence-electron chi connectivity index (χ0n) is 17.8. The number of nitrogens with zero attached hydrogens (tertiary/aromatic N) is 2. The second-order valence-electron chi connectivity index (χ2n) is 7.47. The van der Waals surface area contributed by atoms with E-state index in [4.69, 9.17) is 14.0 Å². The quantitative estimate of drug-likeness (QED) is 0.574. The third kappa shape index (κ3) is 4.03. The highest BCUT2D eigenvalue weighted by Crippen LogP contribution is 2.32. The number of fused-ring (bicyclic) bond motifs is 1. The van der Waals surface area contributed by atoms with Gasteiger partial charge in [-0.05, 0) is 62.6 Å². The Morgan fingerprint density at radius 3 is 2.71 bits per heavy atom. The van der Waals surface area contributed by atoms with Crippen molar-refractivity contribution < 1.29 is 23.6 Å². The van der Waals surface area contributed by atoms with Crippen LogP contribution in [-0.4, -0.2) is 30.7 Å². The van der Waals surface area contributed by atoms with Gasteiger partial charge in [-0.1, -0.05) is 17.3 Å². The van der Waals surface area contributed by atoms with Crippen molar-refractivity contribution in [3.63, 3.8) is 0 Å². The Morgan fingerprint density at radius 2 is 1.97 bits per heavy atom. The van der Waals surface area contributed by atoms with Crippen molar-refractivity contribution in [2.24, 2.45) is 0 Å². The van der Waals surface area contributed by atoms with E-state index in [2.05, 4.69) is 5.16 Å². The minimum Gasteiger partial charge on any atom is -0.489 e. The summed E-state index contributed by atoms with van der Waals surface area (Å²) in [5.74, 6) is 0.786. The number of carbonyl (C=O) groups is 2. The van der Waals surface area contributed by atoms with E-state index in [1.54, 1.807) is 35.2 Å². The van der Waals surface area contributed by atoms with E-state index < -0.39 is 0 Å². The average molecular weight is 420 g/mol. The number of rotatable bonds is 5. The van der Waals surface area contributed by atoms with Gasteiger partial charge in [0, 0.05) is 17.8 Å². The fourth-order valence-corrected chi connectivity index (χ4v) is 3.88. The van der Waals surface area contributed by atoms with Crippen molar-refractivity contribution >= 4 is 17.6 Å². The molecule has 0 saturated heterocycles. The number of amides is 1. The zero-order chi connectivity index (χ0) is 22.0. The minimum absolute atomic E-state index is 0.134. The predicted octanol–water partition coefficient (Wildman–Crippen LogP) is 4.25. The van der Waals surface area contributed by atoms with Crippen LogP contribution in [0.5, 0.6) is 5.75 Å². The molecule has 7 nitrogen and oxygen atoms in total. The molecule has 1 amide bonds. The zero-order valence-corrected chi connectivity index (χ0v) is 17.8. The topological polar surface area (TPSA) is 81.9 Å². The van der Waals surface area contributed by atoms with Gasteiger partial charge in [-0.3, -0.25) is 4.79 Å². The number of benzene rings is 2. The molecule has 0 aliphatic carbocycles. The fraction of sp³-hybridized carbons (Fsp3) is 0.292. The number of aryl methyl sites for hydroxylation is 2. The van der Waals surface area contributed by atoms with Crippen LogP contribution < -0.4 is 9.64 Å². The molecular weight excluding hydrogens is 396 g/mol. The Morgan fingerprint density at radius 1 is 1.16 bits per heavy atom. The smallest absolute Gasteiger partial charge is 0.338 e. The number of esters is 1. The number of hydrogen-bond acceptors (Lipinski definition) is 6. The van der Waals surface area contributed by atoms with Crippen LogP contribution in [0.3, 0.4) is 0 Å². The number of anilines is 1. The second kappa shape index (κ2) is 8.63. The van der Waals surface area contributed by atoms with Gasteiger partial charge in [0.25, 0.3) is 5.91 Å². The molecule has 0 atom stereocenters. The third-order valence-corrected chi connectivity index (χ3v) is 5.55. The first-order chi connectivity index (χ1) is 15.0. The van der Waals surface area contributed by atoms with Gasteiger partial charge in [-0.25, -0.2) is 4.79 Å². The van der Waals surface area contributed by atoms with Gasteiger partial charge in [0.05, 0.1) is 23.9 Å². The summed E-state index contributed by atoms with van der Waals surface area (Å²) < 4.78 is 16.0. The van der Waals surface area contributed by atoms with Crippen LogP contribution in [0, 0.1) is 13.8 Å². The maximum absolute atomic E-state index is 13.3. The molecule has 1 aromatic heterocycles. The molecule has 7 heteroatoms. The van der Waals surface area contributed by atoms with Crippen LogP contribution in [0.4, 0.5) is 5.69 Å². The van der Waals surface area contributed by atoms with Crippen molar-refractivity contribution in [3.05, 3.63) is 76.2 Å². The van der Waals surface area contributed by atoms with Crippen molar-refractivity contribution in [2.45, 2.75) is 33.3 Å². The second-order valence-corrected chi connectivity index (χ2v) is 7.47. The molecule has 0 saturated carbocycles. The molecule has 31 heavy (non-hydrogen) atoms. The molecule has 3 aromatic rings. The molecular formula is C24H24N2O5. The lowest BCUT2D eigenvalue weighted by atomic mass is 9.95. The van der Waals surface area contributed by atoms with Crippen LogP contribution in [0.15, 0.2) is 47.0 Å². The lowest BCUT2D eigenvalue weighted by Crippen LogP contribution is -2.36. The molecule has 0 radical (unpaired) electrons. The minimum atomic E-state index is -0.388. The standard InChI is InChI=1S/C24H24N2O5/c1-15-21(16(2)31-25-15)14-30-18-8-4-7-17(13-18)23(27)26-12-6-10-19-20(24(28)29-3)9-5-11-22(19)26/h4-5,7-9,11,13H,6,10,12,14H2,1-3H3. The molecule has 2 heterocycles. The summed E-state index contributed by atoms with van der Waals surface area (Å²) in [6.45, 7) is 4.61. The molecule has 0 fully saturated rings. The van der Waals surface area contributed by atoms with Crippen LogP contribution in [0.2, 0.25) is 0 Å². The number of aromatic nitrogens is 1. The van der Waals surface area contributed by atoms with E-state index in [1.165, 1.54) is 7.11 Å². The van der Waals surface area contributed by atoms with Crippen LogP contribution in [0.1, 0.15) is 49.7 Å². The van der Waals surface area contributed by atoms with E-state index >= 15 is 0 Å². The summed E-state index contributed by atoms with van der Waals surface area (Å²) in [6, 6.07) is 12.5. The van der Waals surface area contributed by atoms with E-state index in [0.29, 0.717) is 30.0 Å². The van der Waals surface area contributed by atoms with Gasteiger partial charge in [-0.2, -0.15) is 0 Å². The van der Waals surface area contributed by atoms with Crippen LogP contribution in [-0.2, 0) is 17.8 Å². The molecule has 160 valence electrons. The van der Waals surface area contributed by atoms with E-state index in [9.17, 15) is 9.59 Å². The maximum atomic E-state index is 13.3. The Bertz CT molecular complexity index is 1120. The van der Waals surface area contributed by atoms with Gasteiger partial charge in [-0.15, -0.1) is 0 Å². The summed E-state index contributed by atoms with van der Waals surface area (Å²) in [5.41, 5.74) is 4.32. The van der Waals surface area contributed by atoms with E-state index in [0.717, 1.165) is 41.1 Å². The van der Waals surface area contributed by atoms with Crippen molar-refractivity contribution in [1.29, 1.82) is 0 Å². The molecule has 0 unspecified atom stereocenters. The Hall–Kier alpha value is -3.61. The highest BCUT2D eigenvalue weighted by molar-refractivity contribution is 6.08. The first kappa shape index (κ1) is 20.7. The molecule has 1 aliphatic heterocycles. The molecule has 0 N–H and O–H groups in total. The number of ether oxygens (including phenoxy) is 2. The molecule has 4 rings (SSSR count). The van der Waals surface area contributed by atoms with Gasteiger partial charge >= 0.3 is 5.97 Å². The summed E-state index contributed by atoms with van der Waals surface area (Å²) >= 11 is 0. The summed E-state index contributed by atoms with van der Waals surface area (Å²) in [5, 5.41) is 3.93. The molecule has 2 aromatic carbocycles. The van der Waals surface area contributed by atoms with Crippen LogP contribution >= 0.6 is 0 Å². The van der Waals surface area contributed by atoms with E-state index in [-0.39, 0.29) is 11.9 Å².